The van der Waals surface area contributed by atoms with E-state index in [-0.39, 0.29) is 5.56 Å². The van der Waals surface area contributed by atoms with Crippen molar-refractivity contribution in [1.29, 1.82) is 0 Å². The summed E-state index contributed by atoms with van der Waals surface area (Å²) in [5.41, 5.74) is 5.19. The summed E-state index contributed by atoms with van der Waals surface area (Å²) < 4.78 is 35.9. The van der Waals surface area contributed by atoms with Gasteiger partial charge >= 0.3 is 0 Å². The third-order valence-corrected chi connectivity index (χ3v) is 7.11. The quantitative estimate of drug-likeness (QED) is 0.162. The second-order valence-electron chi connectivity index (χ2n) is 9.89. The van der Waals surface area contributed by atoms with Gasteiger partial charge in [0.2, 0.25) is 0 Å². The normalized spacial score (nSPS) is 11.1. The van der Waals surface area contributed by atoms with Crippen molar-refractivity contribution in [2.45, 2.75) is 65.2 Å². The Kier molecular flexibility index (Phi) is 10.1. The first-order chi connectivity index (χ1) is 18.6. The van der Waals surface area contributed by atoms with Gasteiger partial charge < -0.3 is 4.74 Å². The number of halogens is 2. The van der Waals surface area contributed by atoms with E-state index in [1.54, 1.807) is 12.1 Å². The van der Waals surface area contributed by atoms with Gasteiger partial charge in [-0.3, -0.25) is 0 Å². The highest BCUT2D eigenvalue weighted by molar-refractivity contribution is 5.74. The molecule has 0 atom stereocenters. The molecule has 4 aromatic rings. The van der Waals surface area contributed by atoms with E-state index in [9.17, 15) is 0 Å². The van der Waals surface area contributed by atoms with Gasteiger partial charge in [0.05, 0.1) is 6.61 Å². The highest BCUT2D eigenvalue weighted by atomic mass is 19.2. The summed E-state index contributed by atoms with van der Waals surface area (Å²) >= 11 is 0. The Morgan fingerprint density at radius 1 is 0.500 bits per heavy atom. The van der Waals surface area contributed by atoms with Crippen molar-refractivity contribution in [2.75, 3.05) is 6.61 Å². The zero-order chi connectivity index (χ0) is 26.7. The van der Waals surface area contributed by atoms with Crippen molar-refractivity contribution < 1.29 is 13.5 Å². The Hall–Kier alpha value is -3.46. The van der Waals surface area contributed by atoms with Crippen LogP contribution >= 0.6 is 0 Å². The maximum Gasteiger partial charge on any atom is 0.167 e. The predicted molar refractivity (Wildman–Crippen MR) is 156 cm³/mol. The Morgan fingerprint density at radius 3 is 1.47 bits per heavy atom. The van der Waals surface area contributed by atoms with E-state index in [2.05, 4.69) is 6.92 Å². The lowest BCUT2D eigenvalue weighted by Gasteiger charge is -2.11. The maximum absolute atomic E-state index is 15.2. The highest BCUT2D eigenvalue weighted by Gasteiger charge is 2.16. The number of rotatable bonds is 13. The van der Waals surface area contributed by atoms with Gasteiger partial charge in [-0.15, -0.1) is 0 Å². The minimum Gasteiger partial charge on any atom is -0.494 e. The number of aryl methyl sites for hydroxylation is 1. The van der Waals surface area contributed by atoms with Crippen molar-refractivity contribution in [1.82, 2.24) is 0 Å². The molecule has 3 heteroatoms. The minimum atomic E-state index is -0.816. The van der Waals surface area contributed by atoms with Gasteiger partial charge in [0.25, 0.3) is 0 Å². The van der Waals surface area contributed by atoms with Crippen molar-refractivity contribution in [2.24, 2.45) is 0 Å². The molecule has 0 aliphatic heterocycles. The second kappa shape index (κ2) is 13.9. The van der Waals surface area contributed by atoms with Gasteiger partial charge in [-0.2, -0.15) is 0 Å². The number of hydrogen-bond acceptors (Lipinski definition) is 1. The Labute approximate surface area is 226 Å². The first-order valence-electron chi connectivity index (χ1n) is 14.0. The molecular weight excluding hydrogens is 474 g/mol. The van der Waals surface area contributed by atoms with Gasteiger partial charge in [0.15, 0.2) is 11.6 Å². The molecule has 0 heterocycles. The molecule has 0 fully saturated rings. The summed E-state index contributed by atoms with van der Waals surface area (Å²) in [6.07, 6.45) is 9.99. The lowest BCUT2D eigenvalue weighted by molar-refractivity contribution is 0.340. The smallest absolute Gasteiger partial charge is 0.167 e. The van der Waals surface area contributed by atoms with Gasteiger partial charge in [-0.25, -0.2) is 8.78 Å². The van der Waals surface area contributed by atoms with Crippen molar-refractivity contribution >= 4 is 0 Å². The number of benzene rings is 4. The molecule has 0 N–H and O–H groups in total. The Bertz CT molecular complexity index is 1280. The fourth-order valence-corrected chi connectivity index (χ4v) is 4.89. The van der Waals surface area contributed by atoms with Crippen LogP contribution in [0.25, 0.3) is 33.4 Å². The standard InChI is InChI=1S/C35H38F2O/c1-3-5-6-7-8-9-10-11-26-12-14-29(15-13-26)32-24-25-33(35(37)34(32)36)30-18-16-27(17-19-30)28-20-22-31(23-21-28)38-4-2/h12-25H,3-11H2,1-2H3. The minimum absolute atomic E-state index is 0.264. The first-order valence-corrected chi connectivity index (χ1v) is 14.0. The molecule has 4 aromatic carbocycles. The lowest BCUT2D eigenvalue weighted by atomic mass is 9.96. The summed E-state index contributed by atoms with van der Waals surface area (Å²) in [6.45, 7) is 4.82. The zero-order valence-corrected chi connectivity index (χ0v) is 22.6. The molecule has 0 aliphatic carbocycles. The molecule has 198 valence electrons. The summed E-state index contributed by atoms with van der Waals surface area (Å²) in [5, 5.41) is 0. The number of ether oxygens (including phenoxy) is 1. The lowest BCUT2D eigenvalue weighted by Crippen LogP contribution is -1.94. The topological polar surface area (TPSA) is 9.23 Å². The van der Waals surface area contributed by atoms with Crippen LogP contribution in [0.1, 0.15) is 64.4 Å². The molecule has 0 aliphatic rings. The van der Waals surface area contributed by atoms with E-state index in [1.807, 2.05) is 79.7 Å². The Balaban J connectivity index is 1.40. The van der Waals surface area contributed by atoms with Gasteiger partial charge in [-0.1, -0.05) is 118 Å². The zero-order valence-electron chi connectivity index (χ0n) is 22.6. The fraction of sp³-hybridized carbons (Fsp3) is 0.314. The van der Waals surface area contributed by atoms with Crippen LogP contribution in [0.3, 0.4) is 0 Å². The molecule has 0 amide bonds. The van der Waals surface area contributed by atoms with Crippen LogP contribution in [0.2, 0.25) is 0 Å². The molecular formula is C35H38F2O. The maximum atomic E-state index is 15.2. The van der Waals surface area contributed by atoms with Gasteiger partial charge in [0, 0.05) is 11.1 Å². The van der Waals surface area contributed by atoms with Crippen molar-refractivity contribution in [3.05, 3.63) is 102 Å². The van der Waals surface area contributed by atoms with Gasteiger partial charge in [-0.05, 0) is 59.7 Å². The third kappa shape index (κ3) is 7.10. The predicted octanol–water partition coefficient (Wildman–Crippen LogP) is 10.7. The van der Waals surface area contributed by atoms with Crippen LogP contribution in [0.15, 0.2) is 84.9 Å². The molecule has 0 unspecified atom stereocenters. The summed E-state index contributed by atoms with van der Waals surface area (Å²) in [4.78, 5) is 0. The monoisotopic (exact) mass is 512 g/mol. The van der Waals surface area contributed by atoms with E-state index in [4.69, 9.17) is 4.74 Å². The molecule has 0 aromatic heterocycles. The molecule has 38 heavy (non-hydrogen) atoms. The van der Waals surface area contributed by atoms with E-state index in [0.717, 1.165) is 23.3 Å². The van der Waals surface area contributed by atoms with E-state index in [1.165, 1.54) is 50.5 Å². The average molecular weight is 513 g/mol. The molecule has 0 bridgehead atoms. The van der Waals surface area contributed by atoms with Gasteiger partial charge in [0.1, 0.15) is 5.75 Å². The molecule has 0 saturated heterocycles. The molecule has 4 rings (SSSR count). The van der Waals surface area contributed by atoms with E-state index in [0.29, 0.717) is 23.3 Å². The first kappa shape index (κ1) is 27.6. The second-order valence-corrected chi connectivity index (χ2v) is 9.89. The van der Waals surface area contributed by atoms with Crippen LogP contribution in [0.5, 0.6) is 5.75 Å². The highest BCUT2D eigenvalue weighted by Crippen LogP contribution is 2.33. The summed E-state index contributed by atoms with van der Waals surface area (Å²) in [7, 11) is 0. The Morgan fingerprint density at radius 2 is 0.947 bits per heavy atom. The summed E-state index contributed by atoms with van der Waals surface area (Å²) in [6, 6.07) is 26.6. The molecule has 0 saturated carbocycles. The average Bonchev–Trinajstić information content (AvgIpc) is 2.95. The number of hydrogen-bond donors (Lipinski definition) is 0. The van der Waals surface area contributed by atoms with E-state index >= 15 is 8.78 Å². The third-order valence-electron chi connectivity index (χ3n) is 7.11. The molecule has 0 radical (unpaired) electrons. The largest absolute Gasteiger partial charge is 0.494 e. The van der Waals surface area contributed by atoms with Crippen LogP contribution in [-0.2, 0) is 6.42 Å². The summed E-state index contributed by atoms with van der Waals surface area (Å²) in [5.74, 6) is -0.797. The van der Waals surface area contributed by atoms with E-state index < -0.39 is 11.6 Å². The fourth-order valence-electron chi connectivity index (χ4n) is 4.89. The van der Waals surface area contributed by atoms with Crippen LogP contribution in [0, 0.1) is 11.6 Å². The van der Waals surface area contributed by atoms with Crippen molar-refractivity contribution in [3.63, 3.8) is 0 Å². The van der Waals surface area contributed by atoms with Crippen LogP contribution in [-0.4, -0.2) is 6.61 Å². The van der Waals surface area contributed by atoms with Crippen molar-refractivity contribution in [3.8, 4) is 39.1 Å². The molecule has 0 spiro atoms. The van der Waals surface area contributed by atoms with Crippen LogP contribution < -0.4 is 4.74 Å². The SMILES string of the molecule is CCCCCCCCCc1ccc(-c2ccc(-c3ccc(-c4ccc(OCC)cc4)cc3)c(F)c2F)cc1. The van der Waals surface area contributed by atoms with Crippen LogP contribution in [0.4, 0.5) is 8.78 Å². The molecule has 1 nitrogen and oxygen atoms in total. The number of unbranched alkanes of at least 4 members (excludes halogenated alkanes) is 6.